The number of nitrogens with zero attached hydrogens (tertiary/aromatic N) is 1. The van der Waals surface area contributed by atoms with Crippen LogP contribution in [0.25, 0.3) is 0 Å². The van der Waals surface area contributed by atoms with Crippen LogP contribution in [0.2, 0.25) is 0 Å². The Kier molecular flexibility index (Phi) is 11.8. The Morgan fingerprint density at radius 1 is 0.636 bits per heavy atom. The molecule has 0 radical (unpaired) electrons. The normalized spacial score (nSPS) is 10.8. The zero-order valence-corrected chi connectivity index (χ0v) is 15.0. The highest BCUT2D eigenvalue weighted by Gasteiger charge is 2.02. The SMILES string of the molecule is CCCCCCCCCCCCCN(CC)c1ccccc1. The van der Waals surface area contributed by atoms with E-state index in [1.54, 1.807) is 0 Å². The summed E-state index contributed by atoms with van der Waals surface area (Å²) in [5, 5.41) is 0. The molecule has 0 saturated carbocycles. The van der Waals surface area contributed by atoms with E-state index >= 15 is 0 Å². The fourth-order valence-corrected chi connectivity index (χ4v) is 3.08. The Balaban J connectivity index is 1.94. The van der Waals surface area contributed by atoms with Gasteiger partial charge in [0, 0.05) is 18.8 Å². The molecule has 0 heterocycles. The maximum atomic E-state index is 2.49. The summed E-state index contributed by atoms with van der Waals surface area (Å²) >= 11 is 0. The lowest BCUT2D eigenvalue weighted by Gasteiger charge is -2.23. The Labute approximate surface area is 139 Å². The number of para-hydroxylation sites is 1. The minimum Gasteiger partial charge on any atom is -0.372 e. The first-order chi connectivity index (χ1) is 10.9. The Morgan fingerprint density at radius 2 is 1.14 bits per heavy atom. The van der Waals surface area contributed by atoms with E-state index in [9.17, 15) is 0 Å². The lowest BCUT2D eigenvalue weighted by molar-refractivity contribution is 0.548. The summed E-state index contributed by atoms with van der Waals surface area (Å²) in [5.41, 5.74) is 1.37. The van der Waals surface area contributed by atoms with Gasteiger partial charge in [-0.1, -0.05) is 89.3 Å². The van der Waals surface area contributed by atoms with Gasteiger partial charge in [-0.15, -0.1) is 0 Å². The predicted molar refractivity (Wildman–Crippen MR) is 101 cm³/mol. The average Bonchev–Trinajstić information content (AvgIpc) is 2.57. The molecule has 0 N–H and O–H groups in total. The van der Waals surface area contributed by atoms with E-state index in [2.05, 4.69) is 49.1 Å². The van der Waals surface area contributed by atoms with Crippen molar-refractivity contribution in [3.63, 3.8) is 0 Å². The maximum absolute atomic E-state index is 2.49. The highest BCUT2D eigenvalue weighted by molar-refractivity contribution is 5.45. The van der Waals surface area contributed by atoms with Crippen LogP contribution in [0.5, 0.6) is 0 Å². The van der Waals surface area contributed by atoms with E-state index in [0.717, 1.165) is 6.54 Å². The predicted octanol–water partition coefficient (Wildman–Crippen LogP) is 6.82. The van der Waals surface area contributed by atoms with Crippen LogP contribution in [-0.4, -0.2) is 13.1 Å². The quantitative estimate of drug-likeness (QED) is 0.341. The van der Waals surface area contributed by atoms with Gasteiger partial charge in [0.05, 0.1) is 0 Å². The standard InChI is InChI=1S/C21H37N/c1-3-5-6-7-8-9-10-11-12-13-17-20-22(4-2)21-18-15-14-16-19-21/h14-16,18-19H,3-13,17,20H2,1-2H3. The first-order valence-electron chi connectivity index (χ1n) is 9.68. The third kappa shape index (κ3) is 9.12. The second kappa shape index (κ2) is 13.7. The Hall–Kier alpha value is -0.980. The molecule has 0 aromatic heterocycles. The van der Waals surface area contributed by atoms with Gasteiger partial charge < -0.3 is 4.90 Å². The number of benzene rings is 1. The topological polar surface area (TPSA) is 3.24 Å². The van der Waals surface area contributed by atoms with E-state index in [0.29, 0.717) is 0 Å². The minimum absolute atomic E-state index is 1.11. The number of anilines is 1. The number of rotatable bonds is 14. The molecule has 0 spiro atoms. The van der Waals surface area contributed by atoms with Crippen molar-refractivity contribution in [2.24, 2.45) is 0 Å². The Bertz CT molecular complexity index is 333. The highest BCUT2D eigenvalue weighted by Crippen LogP contribution is 2.15. The molecule has 0 aliphatic heterocycles. The number of unbranched alkanes of at least 4 members (excludes halogenated alkanes) is 10. The van der Waals surface area contributed by atoms with Gasteiger partial charge >= 0.3 is 0 Å². The van der Waals surface area contributed by atoms with Gasteiger partial charge in [0.15, 0.2) is 0 Å². The average molecular weight is 304 g/mol. The molecule has 0 amide bonds. The molecule has 0 atom stereocenters. The van der Waals surface area contributed by atoms with Gasteiger partial charge in [0.1, 0.15) is 0 Å². The summed E-state index contributed by atoms with van der Waals surface area (Å²) < 4.78 is 0. The Morgan fingerprint density at radius 3 is 1.64 bits per heavy atom. The summed E-state index contributed by atoms with van der Waals surface area (Å²) in [6.07, 6.45) is 15.6. The van der Waals surface area contributed by atoms with Gasteiger partial charge in [-0.2, -0.15) is 0 Å². The van der Waals surface area contributed by atoms with Gasteiger partial charge in [-0.3, -0.25) is 0 Å². The van der Waals surface area contributed by atoms with Crippen molar-refractivity contribution >= 4 is 5.69 Å². The van der Waals surface area contributed by atoms with Gasteiger partial charge in [0.25, 0.3) is 0 Å². The van der Waals surface area contributed by atoms with Crippen LogP contribution in [0.1, 0.15) is 84.5 Å². The molecule has 22 heavy (non-hydrogen) atoms. The maximum Gasteiger partial charge on any atom is 0.0366 e. The third-order valence-electron chi connectivity index (χ3n) is 4.53. The second-order valence-corrected chi connectivity index (χ2v) is 6.45. The fourth-order valence-electron chi connectivity index (χ4n) is 3.08. The van der Waals surface area contributed by atoms with Crippen molar-refractivity contribution < 1.29 is 0 Å². The summed E-state index contributed by atoms with van der Waals surface area (Å²) in [6, 6.07) is 10.8. The largest absolute Gasteiger partial charge is 0.372 e. The molecule has 1 rings (SSSR count). The van der Waals surface area contributed by atoms with Crippen LogP contribution < -0.4 is 4.90 Å². The van der Waals surface area contributed by atoms with E-state index in [1.807, 2.05) is 0 Å². The summed E-state index contributed by atoms with van der Waals surface area (Å²) in [4.78, 5) is 2.49. The van der Waals surface area contributed by atoms with Crippen molar-refractivity contribution in [2.45, 2.75) is 84.5 Å². The van der Waals surface area contributed by atoms with E-state index in [-0.39, 0.29) is 0 Å². The molecule has 0 fully saturated rings. The number of hydrogen-bond acceptors (Lipinski definition) is 1. The molecular formula is C21H37N. The summed E-state index contributed by atoms with van der Waals surface area (Å²) in [5.74, 6) is 0. The molecule has 0 bridgehead atoms. The van der Waals surface area contributed by atoms with Gasteiger partial charge in [-0.25, -0.2) is 0 Å². The molecular weight excluding hydrogens is 266 g/mol. The molecule has 1 aromatic carbocycles. The zero-order valence-electron chi connectivity index (χ0n) is 15.0. The van der Waals surface area contributed by atoms with Crippen molar-refractivity contribution in [3.8, 4) is 0 Å². The van der Waals surface area contributed by atoms with Crippen LogP contribution in [0, 0.1) is 0 Å². The molecule has 0 unspecified atom stereocenters. The lowest BCUT2D eigenvalue weighted by Crippen LogP contribution is -2.23. The smallest absolute Gasteiger partial charge is 0.0366 e. The third-order valence-corrected chi connectivity index (χ3v) is 4.53. The van der Waals surface area contributed by atoms with Crippen molar-refractivity contribution in [1.29, 1.82) is 0 Å². The molecule has 0 saturated heterocycles. The van der Waals surface area contributed by atoms with Crippen LogP contribution in [0.15, 0.2) is 30.3 Å². The molecule has 126 valence electrons. The number of hydrogen-bond donors (Lipinski definition) is 0. The van der Waals surface area contributed by atoms with Crippen LogP contribution in [0.4, 0.5) is 5.69 Å². The van der Waals surface area contributed by atoms with Crippen LogP contribution in [0.3, 0.4) is 0 Å². The van der Waals surface area contributed by atoms with Crippen molar-refractivity contribution in [3.05, 3.63) is 30.3 Å². The van der Waals surface area contributed by atoms with Crippen molar-refractivity contribution in [1.82, 2.24) is 0 Å². The molecule has 1 nitrogen and oxygen atoms in total. The van der Waals surface area contributed by atoms with Crippen LogP contribution in [-0.2, 0) is 0 Å². The summed E-state index contributed by atoms with van der Waals surface area (Å²) in [7, 11) is 0. The second-order valence-electron chi connectivity index (χ2n) is 6.45. The molecule has 0 aliphatic carbocycles. The summed E-state index contributed by atoms with van der Waals surface area (Å²) in [6.45, 7) is 6.86. The minimum atomic E-state index is 1.11. The molecule has 1 heteroatoms. The fraction of sp³-hybridized carbons (Fsp3) is 0.714. The van der Waals surface area contributed by atoms with Gasteiger partial charge in [-0.05, 0) is 25.5 Å². The first-order valence-corrected chi connectivity index (χ1v) is 9.68. The first kappa shape index (κ1) is 19.1. The van der Waals surface area contributed by atoms with E-state index < -0.39 is 0 Å². The molecule has 0 aliphatic rings. The highest BCUT2D eigenvalue weighted by atomic mass is 15.1. The lowest BCUT2D eigenvalue weighted by atomic mass is 10.1. The van der Waals surface area contributed by atoms with Crippen LogP contribution >= 0.6 is 0 Å². The monoisotopic (exact) mass is 303 g/mol. The molecule has 1 aromatic rings. The van der Waals surface area contributed by atoms with E-state index in [4.69, 9.17) is 0 Å². The van der Waals surface area contributed by atoms with E-state index in [1.165, 1.54) is 82.9 Å². The van der Waals surface area contributed by atoms with Gasteiger partial charge in [0.2, 0.25) is 0 Å². The zero-order chi connectivity index (χ0) is 15.9. The van der Waals surface area contributed by atoms with Crippen molar-refractivity contribution in [2.75, 3.05) is 18.0 Å².